The van der Waals surface area contributed by atoms with Crippen LogP contribution in [0.25, 0.3) is 22.2 Å². The number of hydrogen-bond acceptors (Lipinski definition) is 2. The van der Waals surface area contributed by atoms with E-state index >= 15 is 0 Å². The van der Waals surface area contributed by atoms with E-state index in [2.05, 4.69) is 39.1 Å². The molecule has 2 aromatic carbocycles. The van der Waals surface area contributed by atoms with Crippen molar-refractivity contribution in [3.63, 3.8) is 0 Å². The van der Waals surface area contributed by atoms with Gasteiger partial charge in [0.2, 0.25) is 5.91 Å². The first-order valence-electron chi connectivity index (χ1n) is 10.6. The van der Waals surface area contributed by atoms with Gasteiger partial charge in [-0.05, 0) is 54.2 Å². The molecule has 4 aromatic rings. The summed E-state index contributed by atoms with van der Waals surface area (Å²) in [4.78, 5) is 23.3. The summed E-state index contributed by atoms with van der Waals surface area (Å²) in [6.07, 6.45) is 7.38. The minimum absolute atomic E-state index is 0.193. The predicted octanol–water partition coefficient (Wildman–Crippen LogP) is 5.35. The fourth-order valence-corrected chi connectivity index (χ4v) is 4.29. The lowest BCUT2D eigenvalue weighted by Gasteiger charge is -2.38. The van der Waals surface area contributed by atoms with E-state index in [1.807, 2.05) is 42.5 Å². The highest BCUT2D eigenvalue weighted by Gasteiger charge is 2.30. The lowest BCUT2D eigenvalue weighted by atomic mass is 9.90. The smallest absolute Gasteiger partial charge is 0.227 e. The third-order valence-corrected chi connectivity index (χ3v) is 6.14. The molecule has 0 bridgehead atoms. The van der Waals surface area contributed by atoms with Crippen LogP contribution in [-0.4, -0.2) is 26.8 Å². The monoisotopic (exact) mass is 395 g/mol. The van der Waals surface area contributed by atoms with E-state index in [1.165, 1.54) is 6.42 Å². The number of nitrogens with zero attached hydrogens (tertiary/aromatic N) is 2. The van der Waals surface area contributed by atoms with Crippen molar-refractivity contribution in [2.45, 2.75) is 38.3 Å². The van der Waals surface area contributed by atoms with Crippen LogP contribution in [-0.2, 0) is 17.8 Å². The number of fused-ring (bicyclic) bond motifs is 1. The van der Waals surface area contributed by atoms with E-state index < -0.39 is 0 Å². The normalized spacial score (nSPS) is 13.9. The van der Waals surface area contributed by atoms with Crippen LogP contribution in [0.5, 0.6) is 0 Å². The standard InChI is InChI=1S/C26H25N3O/c30-25(29(21-9-6-10-21)18-19-13-15-27-16-14-19)17-23-22-11-4-5-12-24(22)28-26(23)20-7-2-1-3-8-20/h1-5,7-8,11-16,21,28H,6,9-10,17-18H2. The van der Waals surface area contributed by atoms with E-state index in [4.69, 9.17) is 0 Å². The van der Waals surface area contributed by atoms with Crippen LogP contribution in [0.4, 0.5) is 0 Å². The van der Waals surface area contributed by atoms with Crippen molar-refractivity contribution in [1.29, 1.82) is 0 Å². The van der Waals surface area contributed by atoms with Gasteiger partial charge in [-0.25, -0.2) is 0 Å². The Hall–Kier alpha value is -3.40. The van der Waals surface area contributed by atoms with Gasteiger partial charge < -0.3 is 9.88 Å². The molecule has 0 saturated heterocycles. The predicted molar refractivity (Wildman–Crippen MR) is 120 cm³/mol. The first-order valence-corrected chi connectivity index (χ1v) is 10.6. The zero-order chi connectivity index (χ0) is 20.3. The average Bonchev–Trinajstić information content (AvgIpc) is 3.12. The number of rotatable bonds is 6. The molecule has 150 valence electrons. The molecular weight excluding hydrogens is 370 g/mol. The molecule has 1 aliphatic carbocycles. The summed E-state index contributed by atoms with van der Waals surface area (Å²) >= 11 is 0. The molecule has 1 N–H and O–H groups in total. The van der Waals surface area contributed by atoms with Crippen molar-refractivity contribution in [2.24, 2.45) is 0 Å². The number of carbonyl (C=O) groups is 1. The Kier molecular flexibility index (Phi) is 5.06. The third-order valence-electron chi connectivity index (χ3n) is 6.14. The van der Waals surface area contributed by atoms with E-state index in [1.54, 1.807) is 12.4 Å². The minimum Gasteiger partial charge on any atom is -0.354 e. The van der Waals surface area contributed by atoms with Gasteiger partial charge in [0, 0.05) is 35.9 Å². The maximum absolute atomic E-state index is 13.6. The highest BCUT2D eigenvalue weighted by atomic mass is 16.2. The number of para-hydroxylation sites is 1. The molecule has 4 heteroatoms. The fraction of sp³-hybridized carbons (Fsp3) is 0.231. The second-order valence-electron chi connectivity index (χ2n) is 8.03. The van der Waals surface area contributed by atoms with E-state index in [0.29, 0.717) is 19.0 Å². The van der Waals surface area contributed by atoms with Crippen molar-refractivity contribution in [1.82, 2.24) is 14.9 Å². The van der Waals surface area contributed by atoms with Crippen LogP contribution < -0.4 is 0 Å². The largest absolute Gasteiger partial charge is 0.354 e. The molecule has 1 saturated carbocycles. The summed E-state index contributed by atoms with van der Waals surface area (Å²) in [5.41, 5.74) is 5.44. The fourth-order valence-electron chi connectivity index (χ4n) is 4.29. The molecule has 0 radical (unpaired) electrons. The Morgan fingerprint density at radius 1 is 0.967 bits per heavy atom. The molecule has 0 spiro atoms. The molecular formula is C26H25N3O. The van der Waals surface area contributed by atoms with Crippen molar-refractivity contribution < 1.29 is 4.79 Å². The van der Waals surface area contributed by atoms with Gasteiger partial charge in [0.15, 0.2) is 0 Å². The zero-order valence-corrected chi connectivity index (χ0v) is 16.9. The lowest BCUT2D eigenvalue weighted by Crippen LogP contribution is -2.44. The summed E-state index contributed by atoms with van der Waals surface area (Å²) in [7, 11) is 0. The molecule has 0 unspecified atom stereocenters. The van der Waals surface area contributed by atoms with Gasteiger partial charge in [-0.3, -0.25) is 9.78 Å². The maximum atomic E-state index is 13.6. The summed E-state index contributed by atoms with van der Waals surface area (Å²) in [5.74, 6) is 0.193. The van der Waals surface area contributed by atoms with Gasteiger partial charge in [0.1, 0.15) is 0 Å². The van der Waals surface area contributed by atoms with Gasteiger partial charge in [-0.15, -0.1) is 0 Å². The number of pyridine rings is 1. The number of aromatic nitrogens is 2. The highest BCUT2D eigenvalue weighted by Crippen LogP contribution is 2.32. The first-order chi connectivity index (χ1) is 14.8. The van der Waals surface area contributed by atoms with Crippen LogP contribution in [0, 0.1) is 0 Å². The number of carbonyl (C=O) groups excluding carboxylic acids is 1. The molecule has 0 atom stereocenters. The van der Waals surface area contributed by atoms with Crippen molar-refractivity contribution in [3.8, 4) is 11.3 Å². The second-order valence-corrected chi connectivity index (χ2v) is 8.03. The molecule has 4 nitrogen and oxygen atoms in total. The molecule has 1 amide bonds. The number of benzene rings is 2. The molecule has 30 heavy (non-hydrogen) atoms. The van der Waals surface area contributed by atoms with Gasteiger partial charge in [-0.1, -0.05) is 48.5 Å². The number of aromatic amines is 1. The van der Waals surface area contributed by atoms with E-state index in [-0.39, 0.29) is 5.91 Å². The van der Waals surface area contributed by atoms with Gasteiger partial charge >= 0.3 is 0 Å². The van der Waals surface area contributed by atoms with Crippen molar-refractivity contribution >= 4 is 16.8 Å². The van der Waals surface area contributed by atoms with Gasteiger partial charge in [0.05, 0.1) is 12.1 Å². The molecule has 1 aliphatic rings. The Morgan fingerprint density at radius 2 is 1.70 bits per heavy atom. The highest BCUT2D eigenvalue weighted by molar-refractivity contribution is 5.95. The molecule has 2 aromatic heterocycles. The molecule has 0 aliphatic heterocycles. The van der Waals surface area contributed by atoms with Gasteiger partial charge in [-0.2, -0.15) is 0 Å². The Balaban J connectivity index is 1.50. The van der Waals surface area contributed by atoms with E-state index in [0.717, 1.165) is 46.1 Å². The van der Waals surface area contributed by atoms with Crippen LogP contribution in [0.15, 0.2) is 79.1 Å². The number of hydrogen-bond donors (Lipinski definition) is 1. The van der Waals surface area contributed by atoms with Crippen LogP contribution in [0.2, 0.25) is 0 Å². The number of nitrogens with one attached hydrogen (secondary N) is 1. The van der Waals surface area contributed by atoms with Crippen molar-refractivity contribution in [2.75, 3.05) is 0 Å². The summed E-state index contributed by atoms with van der Waals surface area (Å²) in [5, 5.41) is 1.13. The molecule has 1 fully saturated rings. The lowest BCUT2D eigenvalue weighted by molar-refractivity contribution is -0.135. The topological polar surface area (TPSA) is 49.0 Å². The SMILES string of the molecule is O=C(Cc1c(-c2ccccc2)[nH]c2ccccc12)N(Cc1ccncc1)C1CCC1. The van der Waals surface area contributed by atoms with Crippen LogP contribution >= 0.6 is 0 Å². The zero-order valence-electron chi connectivity index (χ0n) is 16.9. The first kappa shape index (κ1) is 18.6. The average molecular weight is 396 g/mol. The maximum Gasteiger partial charge on any atom is 0.227 e. The minimum atomic E-state index is 0.193. The van der Waals surface area contributed by atoms with Crippen molar-refractivity contribution in [3.05, 3.63) is 90.3 Å². The van der Waals surface area contributed by atoms with Crippen LogP contribution in [0.3, 0.4) is 0 Å². The second kappa shape index (κ2) is 8.15. The summed E-state index contributed by atoms with van der Waals surface area (Å²) in [6.45, 7) is 0.648. The number of amides is 1. The van der Waals surface area contributed by atoms with E-state index in [9.17, 15) is 4.79 Å². The molecule has 5 rings (SSSR count). The summed E-state index contributed by atoms with van der Waals surface area (Å²) < 4.78 is 0. The van der Waals surface area contributed by atoms with Gasteiger partial charge in [0.25, 0.3) is 0 Å². The quantitative estimate of drug-likeness (QED) is 0.478. The number of H-pyrrole nitrogens is 1. The molecule has 2 heterocycles. The Labute approximate surface area is 176 Å². The Bertz CT molecular complexity index is 1150. The summed E-state index contributed by atoms with van der Waals surface area (Å²) in [6, 6.07) is 22.9. The third kappa shape index (κ3) is 3.61. The van der Waals surface area contributed by atoms with Crippen LogP contribution in [0.1, 0.15) is 30.4 Å². The Morgan fingerprint density at radius 3 is 2.43 bits per heavy atom.